The fraction of sp³-hybridized carbons (Fsp3) is 0.484. The first-order valence-electron chi connectivity index (χ1n) is 14.2. The first-order valence-corrected chi connectivity index (χ1v) is 15.3. The van der Waals surface area contributed by atoms with Crippen LogP contribution in [-0.2, 0) is 6.54 Å². The lowest BCUT2D eigenvalue weighted by atomic mass is 9.51. The molecule has 5 nitrogen and oxygen atoms in total. The number of carbonyl (C=O) groups is 1. The molecule has 0 unspecified atom stereocenters. The maximum Gasteiger partial charge on any atom is 0.315 e. The van der Waals surface area contributed by atoms with Gasteiger partial charge in [-0.15, -0.1) is 0 Å². The van der Waals surface area contributed by atoms with Gasteiger partial charge in [-0.3, -0.25) is 0 Å². The molecule has 2 amide bonds. The van der Waals surface area contributed by atoms with Crippen LogP contribution in [0.3, 0.4) is 0 Å². The van der Waals surface area contributed by atoms with Gasteiger partial charge in [0.2, 0.25) is 0 Å². The summed E-state index contributed by atoms with van der Waals surface area (Å²) in [4.78, 5) is 12.7. The van der Waals surface area contributed by atoms with Crippen molar-refractivity contribution in [3.8, 4) is 16.9 Å². The highest BCUT2D eigenvalue weighted by atomic mass is 35.5. The summed E-state index contributed by atoms with van der Waals surface area (Å²) in [6.45, 7) is 3.03. The van der Waals surface area contributed by atoms with Crippen molar-refractivity contribution < 1.29 is 4.79 Å². The number of benzene rings is 2. The molecule has 0 aliphatic heterocycles. The minimum atomic E-state index is -0.161. The van der Waals surface area contributed by atoms with Crippen molar-refractivity contribution in [1.82, 2.24) is 20.4 Å². The van der Waals surface area contributed by atoms with E-state index in [0.29, 0.717) is 28.2 Å². The molecule has 4 aliphatic rings. The number of halogens is 3. The first-order chi connectivity index (χ1) is 18.9. The highest BCUT2D eigenvalue weighted by molar-refractivity contribution is 6.35. The van der Waals surface area contributed by atoms with Crippen LogP contribution in [0.4, 0.5) is 4.79 Å². The van der Waals surface area contributed by atoms with Crippen LogP contribution >= 0.6 is 34.8 Å². The van der Waals surface area contributed by atoms with Crippen LogP contribution in [0.5, 0.6) is 0 Å². The van der Waals surface area contributed by atoms with Gasteiger partial charge in [0.15, 0.2) is 0 Å². The van der Waals surface area contributed by atoms with Gasteiger partial charge in [-0.05, 0) is 112 Å². The van der Waals surface area contributed by atoms with E-state index in [2.05, 4.69) is 10.6 Å². The van der Waals surface area contributed by atoms with Gasteiger partial charge in [-0.1, -0.05) is 46.9 Å². The minimum absolute atomic E-state index is 0.161. The minimum Gasteiger partial charge on any atom is -0.338 e. The molecule has 8 heteroatoms. The molecule has 0 saturated heterocycles. The van der Waals surface area contributed by atoms with E-state index in [-0.39, 0.29) is 6.03 Å². The summed E-state index contributed by atoms with van der Waals surface area (Å²) in [6.07, 6.45) is 9.60. The summed E-state index contributed by atoms with van der Waals surface area (Å²) in [5.41, 5.74) is 4.30. The van der Waals surface area contributed by atoms with Crippen LogP contribution in [0.1, 0.15) is 56.2 Å². The Balaban J connectivity index is 1.09. The molecule has 4 bridgehead atoms. The highest BCUT2D eigenvalue weighted by Crippen LogP contribution is 2.57. The first kappa shape index (κ1) is 27.0. The molecule has 1 aromatic heterocycles. The quantitative estimate of drug-likeness (QED) is 0.261. The second kappa shape index (κ2) is 11.3. The number of aromatic nitrogens is 2. The average molecular weight is 586 g/mol. The van der Waals surface area contributed by atoms with Crippen LogP contribution in [0.2, 0.25) is 15.1 Å². The molecule has 4 fully saturated rings. The summed E-state index contributed by atoms with van der Waals surface area (Å²) in [5.74, 6) is 4.78. The van der Waals surface area contributed by atoms with Gasteiger partial charge in [-0.25, -0.2) is 9.48 Å². The van der Waals surface area contributed by atoms with Crippen molar-refractivity contribution in [3.63, 3.8) is 0 Å². The smallest absolute Gasteiger partial charge is 0.315 e. The standard InChI is InChI=1S/C31H35Cl3N4O/c1-18-28(17-36-31(39)35-10-2-3-26-22-12-19-11-20(14-22)15-23(26)13-19)37-38(29-9-8-25(33)16-27(29)34)30(18)21-4-6-24(32)7-5-21/h4-9,16,19-20,22-23,26H,2-3,10-15,17H2,1H3,(H2,35,36,39). The molecule has 39 heavy (non-hydrogen) atoms. The molecular formula is C31H35Cl3N4O. The molecule has 4 saturated carbocycles. The van der Waals surface area contributed by atoms with E-state index in [0.717, 1.165) is 64.2 Å². The van der Waals surface area contributed by atoms with Gasteiger partial charge in [-0.2, -0.15) is 5.10 Å². The Kier molecular flexibility index (Phi) is 7.85. The molecular weight excluding hydrogens is 551 g/mol. The number of nitrogens with zero attached hydrogens (tertiary/aromatic N) is 2. The molecule has 3 aromatic rings. The summed E-state index contributed by atoms with van der Waals surface area (Å²) < 4.78 is 1.82. The highest BCUT2D eigenvalue weighted by Gasteiger charge is 2.47. The number of amides is 2. The molecule has 2 aromatic carbocycles. The predicted molar refractivity (Wildman–Crippen MR) is 159 cm³/mol. The van der Waals surface area contributed by atoms with Crippen molar-refractivity contribution in [1.29, 1.82) is 0 Å². The summed E-state index contributed by atoms with van der Waals surface area (Å²) >= 11 is 18.8. The van der Waals surface area contributed by atoms with Crippen LogP contribution in [0.25, 0.3) is 16.9 Å². The van der Waals surface area contributed by atoms with Gasteiger partial charge in [0.25, 0.3) is 0 Å². The topological polar surface area (TPSA) is 59.0 Å². The largest absolute Gasteiger partial charge is 0.338 e. The Bertz CT molecular complexity index is 1320. The van der Waals surface area contributed by atoms with Gasteiger partial charge in [0.05, 0.1) is 28.6 Å². The second-order valence-corrected chi connectivity index (χ2v) is 13.1. The van der Waals surface area contributed by atoms with E-state index in [4.69, 9.17) is 39.9 Å². The normalized spacial score (nSPS) is 25.2. The van der Waals surface area contributed by atoms with Crippen molar-refractivity contribution in [2.24, 2.45) is 29.6 Å². The van der Waals surface area contributed by atoms with E-state index in [9.17, 15) is 4.79 Å². The molecule has 0 spiro atoms. The summed E-state index contributed by atoms with van der Waals surface area (Å²) in [7, 11) is 0. The van der Waals surface area contributed by atoms with Crippen LogP contribution in [0.15, 0.2) is 42.5 Å². The number of urea groups is 1. The zero-order valence-electron chi connectivity index (χ0n) is 22.2. The van der Waals surface area contributed by atoms with E-state index in [1.165, 1.54) is 38.5 Å². The molecule has 2 N–H and O–H groups in total. The van der Waals surface area contributed by atoms with Gasteiger partial charge in [0, 0.05) is 27.7 Å². The third-order valence-corrected chi connectivity index (χ3v) is 10.1. The third-order valence-electron chi connectivity index (χ3n) is 9.31. The predicted octanol–water partition coefficient (Wildman–Crippen LogP) is 8.46. The molecule has 0 atom stereocenters. The lowest BCUT2D eigenvalue weighted by molar-refractivity contribution is -0.0401. The fourth-order valence-electron chi connectivity index (χ4n) is 7.76. The maximum absolute atomic E-state index is 12.7. The molecule has 1 heterocycles. The Morgan fingerprint density at radius 1 is 0.923 bits per heavy atom. The van der Waals surface area contributed by atoms with Crippen LogP contribution in [0, 0.1) is 36.5 Å². The van der Waals surface area contributed by atoms with E-state index < -0.39 is 0 Å². The Labute approximate surface area is 245 Å². The van der Waals surface area contributed by atoms with Crippen molar-refractivity contribution >= 4 is 40.8 Å². The van der Waals surface area contributed by atoms with Crippen LogP contribution < -0.4 is 10.6 Å². The average Bonchev–Trinajstić information content (AvgIpc) is 3.22. The molecule has 7 rings (SSSR count). The Morgan fingerprint density at radius 2 is 1.59 bits per heavy atom. The van der Waals surface area contributed by atoms with E-state index in [1.807, 2.05) is 41.9 Å². The molecule has 0 radical (unpaired) electrons. The number of hydrogen-bond donors (Lipinski definition) is 2. The van der Waals surface area contributed by atoms with Crippen LogP contribution in [-0.4, -0.2) is 22.4 Å². The van der Waals surface area contributed by atoms with Gasteiger partial charge >= 0.3 is 6.03 Å². The number of hydrogen-bond acceptors (Lipinski definition) is 2. The molecule has 206 valence electrons. The van der Waals surface area contributed by atoms with E-state index >= 15 is 0 Å². The monoisotopic (exact) mass is 584 g/mol. The number of nitrogens with one attached hydrogen (secondary N) is 2. The zero-order valence-corrected chi connectivity index (χ0v) is 24.5. The summed E-state index contributed by atoms with van der Waals surface area (Å²) in [6, 6.07) is 12.8. The Morgan fingerprint density at radius 3 is 2.26 bits per heavy atom. The fourth-order valence-corrected chi connectivity index (χ4v) is 8.37. The summed E-state index contributed by atoms with van der Waals surface area (Å²) in [5, 5.41) is 12.6. The maximum atomic E-state index is 12.7. The molecule has 4 aliphatic carbocycles. The van der Waals surface area contributed by atoms with Gasteiger partial charge in [0.1, 0.15) is 0 Å². The van der Waals surface area contributed by atoms with Gasteiger partial charge < -0.3 is 10.6 Å². The second-order valence-electron chi connectivity index (χ2n) is 11.8. The Hall–Kier alpha value is -2.21. The number of carbonyl (C=O) groups excluding carboxylic acids is 1. The van der Waals surface area contributed by atoms with Crippen molar-refractivity contribution in [3.05, 3.63) is 68.8 Å². The lowest BCUT2D eigenvalue weighted by Gasteiger charge is -2.54. The zero-order chi connectivity index (χ0) is 27.1. The van der Waals surface area contributed by atoms with Crippen molar-refractivity contribution in [2.75, 3.05) is 6.54 Å². The SMILES string of the molecule is Cc1c(CNC(=O)NCCCC2C3CC4CC(C3)CC2C4)nn(-c2ccc(Cl)cc2Cl)c1-c1ccc(Cl)cc1. The van der Waals surface area contributed by atoms with E-state index in [1.54, 1.807) is 12.1 Å². The number of rotatable bonds is 8. The lowest BCUT2D eigenvalue weighted by Crippen LogP contribution is -2.45. The third kappa shape index (κ3) is 5.68. The van der Waals surface area contributed by atoms with Crippen molar-refractivity contribution in [2.45, 2.75) is 58.4 Å².